The van der Waals surface area contributed by atoms with Gasteiger partial charge in [0.25, 0.3) is 0 Å². The molecule has 4 N–H and O–H groups in total. The zero-order valence-corrected chi connectivity index (χ0v) is 104. The number of ether oxygens (including phenoxy) is 9. The molecule has 6 aromatic heterocycles. The van der Waals surface area contributed by atoms with Crippen LogP contribution in [0.4, 0.5) is 0 Å². The van der Waals surface area contributed by atoms with Crippen molar-refractivity contribution in [3.8, 4) is 34.5 Å². The van der Waals surface area contributed by atoms with Crippen LogP contribution in [-0.2, 0) is 58.1 Å². The minimum Gasteiger partial charge on any atom is -0.494 e. The van der Waals surface area contributed by atoms with Gasteiger partial charge >= 0.3 is 0 Å². The number of ketones is 1. The van der Waals surface area contributed by atoms with Crippen LogP contribution in [0.15, 0.2) is 95.9 Å². The summed E-state index contributed by atoms with van der Waals surface area (Å²) >= 11 is 20.1. The van der Waals surface area contributed by atoms with Gasteiger partial charge in [-0.05, 0) is 196 Å². The number of aliphatic hydroxyl groups is 4. The Kier molecular flexibility index (Phi) is 42.3. The molecule has 0 saturated carbocycles. The third-order valence-corrected chi connectivity index (χ3v) is 51.8. The van der Waals surface area contributed by atoms with Gasteiger partial charge in [0.05, 0.1) is 151 Å². The average Bonchev–Trinajstić information content (AvgIpc) is 0.731. The molecule has 0 fully saturated rings. The second-order valence-corrected chi connectivity index (χ2v) is 70.1. The largest absolute Gasteiger partial charge is 0.494 e. The summed E-state index contributed by atoms with van der Waals surface area (Å²) in [6.07, 6.45) is 8.09. The van der Waals surface area contributed by atoms with Crippen molar-refractivity contribution in [2.45, 2.75) is 340 Å². The first-order chi connectivity index (χ1) is 63.2. The molecular formula is C101H162Br6N6O22Si4. The van der Waals surface area contributed by atoms with Crippen LogP contribution >= 0.6 is 95.6 Å². The molecule has 4 aliphatic rings. The number of carbonyl (C=O) groups excluding carboxylic acids is 1. The Morgan fingerprint density at radius 2 is 0.734 bits per heavy atom. The molecule has 786 valence electrons. The number of rotatable bonds is 24. The lowest BCUT2D eigenvalue weighted by atomic mass is 9.76. The number of nitrogens with zero attached hydrogens (tertiary/aromatic N) is 6. The van der Waals surface area contributed by atoms with Crippen LogP contribution in [0.5, 0.6) is 34.5 Å². The molecule has 4 aliphatic heterocycles. The van der Waals surface area contributed by atoms with Crippen LogP contribution in [0, 0.1) is 46.3 Å². The Morgan fingerprint density at radius 3 is 1.07 bits per heavy atom. The number of aliphatic hydroxyl groups excluding tert-OH is 4. The number of fused-ring (bicyclic) bond motifs is 4. The van der Waals surface area contributed by atoms with E-state index in [4.69, 9.17) is 60.3 Å². The Bertz CT molecular complexity index is 5570. The van der Waals surface area contributed by atoms with Crippen LogP contribution < -0.4 is 50.1 Å². The Labute approximate surface area is 881 Å². The molecule has 10 heterocycles. The highest BCUT2D eigenvalue weighted by Crippen LogP contribution is 2.57. The molecule has 0 bridgehead atoms. The van der Waals surface area contributed by atoms with Crippen LogP contribution in [0.3, 0.4) is 0 Å². The monoisotopic (exact) mass is 2400 g/mol. The molecule has 0 radical (unpaired) electrons. The Balaban J connectivity index is 0.000000295. The number of pyridine rings is 6. The van der Waals surface area contributed by atoms with E-state index >= 15 is 0 Å². The number of hydrogen-bond acceptors (Lipinski definition) is 24. The van der Waals surface area contributed by atoms with Crippen molar-refractivity contribution in [2.24, 2.45) is 32.5 Å². The quantitative estimate of drug-likeness (QED) is 0.0323. The van der Waals surface area contributed by atoms with Crippen molar-refractivity contribution in [2.75, 3.05) is 70.6 Å². The molecule has 38 heteroatoms. The van der Waals surface area contributed by atoms with Gasteiger partial charge in [-0.15, -0.1) is 6.58 Å². The molecule has 0 aliphatic carbocycles. The summed E-state index contributed by atoms with van der Waals surface area (Å²) in [7, 11) is 5.69. The van der Waals surface area contributed by atoms with Crippen LogP contribution in [0.1, 0.15) is 247 Å². The molecule has 0 saturated heterocycles. The van der Waals surface area contributed by atoms with Gasteiger partial charge in [0.1, 0.15) is 34.7 Å². The van der Waals surface area contributed by atoms with Crippen molar-refractivity contribution >= 4 is 135 Å². The highest BCUT2D eigenvalue weighted by atomic mass is 79.9. The first-order valence-corrected chi connectivity index (χ1v) is 63.0. The molecule has 10 atom stereocenters. The molecule has 0 amide bonds. The third kappa shape index (κ3) is 26.7. The number of halogens is 6. The molecule has 6 aromatic rings. The van der Waals surface area contributed by atoms with E-state index in [1.807, 2.05) is 101 Å². The van der Waals surface area contributed by atoms with Crippen molar-refractivity contribution in [1.29, 1.82) is 0 Å². The van der Waals surface area contributed by atoms with Gasteiger partial charge in [0, 0.05) is 125 Å². The Hall–Kier alpha value is -4.38. The lowest BCUT2D eigenvalue weighted by Gasteiger charge is -2.50. The van der Waals surface area contributed by atoms with Crippen molar-refractivity contribution in [3.05, 3.63) is 163 Å². The minimum atomic E-state index is -2.19. The van der Waals surface area contributed by atoms with Crippen molar-refractivity contribution in [3.63, 3.8) is 0 Å². The standard InChI is InChI=1S/C19H32BrNO4Si.C19H34BrNO4Si.C19H32BrNO2Si.C18H30BrNO4Si.C13H18BrNO4.C13H16BrNO4/c1-18(2,3)26(8,9)25-17-14-16(24-7)15(22)12(20)10-21(14)11-13(23-6)19(17,4)5;1-12-13(20)10-21-15(16(12)24-7)17(19(5,6)14(23)11-22)25-26(8,9)18(2,3)4;1-11-19(6,7)17(23-24(9,10)18(3,4)5)15-16(22-8)13(2)14(20)12-21-15;1-17(2,3)25(7,8)24-16-13-15(23-6)14(22)11(19)9-20(13)10-12(21)18(16,4)5;2*1-13(2)8(18-3)6-15-5-7(14)10(16)11(19-4)9(15)12(13)17/h10,13,17H,11H2,1-9H3;10,14,17,22-23H,11H2,1-9H3;11-12,17H,1H2,2-10H3;9,12,16,21H,10H2,1-8H3;5,8,12,17H,6H2,1-4H3;5,8H,6H2,1-4H3. The van der Waals surface area contributed by atoms with E-state index in [2.05, 4.69) is 275 Å². The first-order valence-electron chi connectivity index (χ1n) is 46.6. The maximum atomic E-state index is 12.7. The van der Waals surface area contributed by atoms with E-state index in [-0.39, 0.29) is 113 Å². The van der Waals surface area contributed by atoms with Gasteiger partial charge in [0.15, 0.2) is 62.1 Å². The number of aromatic nitrogens is 6. The summed E-state index contributed by atoms with van der Waals surface area (Å²) in [6.45, 7) is 77.7. The van der Waals surface area contributed by atoms with E-state index < -0.39 is 85.4 Å². The van der Waals surface area contributed by atoms with E-state index in [1.165, 1.54) is 21.3 Å². The molecule has 0 spiro atoms. The summed E-state index contributed by atoms with van der Waals surface area (Å²) in [5.74, 6) is 2.19. The van der Waals surface area contributed by atoms with E-state index in [9.17, 15) is 44.4 Å². The smallest absolute Gasteiger partial charge is 0.238 e. The van der Waals surface area contributed by atoms with Gasteiger partial charge in [-0.25, -0.2) is 0 Å². The predicted molar refractivity (Wildman–Crippen MR) is 584 cm³/mol. The summed E-state index contributed by atoms with van der Waals surface area (Å²) in [6, 6.07) is 0. The van der Waals surface area contributed by atoms with E-state index in [1.54, 1.807) is 72.0 Å². The highest BCUT2D eigenvalue weighted by Gasteiger charge is 2.56. The number of carbonyl (C=O) groups is 1. The minimum absolute atomic E-state index is 0.0108. The second kappa shape index (κ2) is 47.0. The van der Waals surface area contributed by atoms with Crippen LogP contribution in [0.2, 0.25) is 72.5 Å². The van der Waals surface area contributed by atoms with E-state index in [0.29, 0.717) is 72.7 Å². The fraction of sp³-hybridized carbons (Fsp3) is 0.673. The molecule has 28 nitrogen and oxygen atoms in total. The fourth-order valence-electron chi connectivity index (χ4n) is 15.7. The Morgan fingerprint density at radius 1 is 0.432 bits per heavy atom. The topological polar surface area (TPSA) is 332 Å². The van der Waals surface area contributed by atoms with Crippen molar-refractivity contribution in [1.82, 2.24) is 28.2 Å². The summed E-state index contributed by atoms with van der Waals surface area (Å²) in [4.78, 5) is 71.2. The van der Waals surface area contributed by atoms with Gasteiger partial charge in [-0.2, -0.15) is 0 Å². The van der Waals surface area contributed by atoms with E-state index in [0.717, 1.165) is 42.9 Å². The molecule has 10 unspecified atom stereocenters. The number of methoxy groups -OCH3 is 9. The normalized spacial score (nSPS) is 20.2. The molecule has 0 aromatic carbocycles. The lowest BCUT2D eigenvalue weighted by Crippen LogP contribution is -2.52. The van der Waals surface area contributed by atoms with Crippen molar-refractivity contribution < 1.29 is 85.6 Å². The second-order valence-electron chi connectivity index (χ2n) is 46.0. The maximum absolute atomic E-state index is 12.7. The van der Waals surface area contributed by atoms with Gasteiger partial charge in [-0.3, -0.25) is 33.9 Å². The zero-order chi connectivity index (χ0) is 108. The third-order valence-electron chi connectivity index (χ3n) is 30.1. The predicted octanol–water partition coefficient (Wildman–Crippen LogP) is 23.4. The van der Waals surface area contributed by atoms with Crippen LogP contribution in [-0.4, -0.2) is 189 Å². The number of Topliss-reactive ketones (excluding diaryl/α,β-unsaturated/α-hetero) is 1. The molecule has 139 heavy (non-hydrogen) atoms. The summed E-state index contributed by atoms with van der Waals surface area (Å²) < 4.78 is 87.4. The van der Waals surface area contributed by atoms with Gasteiger partial charge in [-0.1, -0.05) is 158 Å². The maximum Gasteiger partial charge on any atom is 0.238 e. The molecule has 10 rings (SSSR count). The average molecular weight is 2400 g/mol. The summed E-state index contributed by atoms with van der Waals surface area (Å²) in [5.41, 5.74) is 1.84. The number of hydrogen-bond donors (Lipinski definition) is 4. The first kappa shape index (κ1) is 125. The van der Waals surface area contributed by atoms with Gasteiger partial charge < -0.3 is 99.0 Å². The fourth-order valence-corrected chi connectivity index (χ4v) is 23.4. The summed E-state index contributed by atoms with van der Waals surface area (Å²) in [5, 5.41) is 41.6. The zero-order valence-electron chi connectivity index (χ0n) is 90.6. The lowest BCUT2D eigenvalue weighted by molar-refractivity contribution is -0.0972. The van der Waals surface area contributed by atoms with Crippen LogP contribution in [0.25, 0.3) is 0 Å². The SMILES string of the molecule is C=CC(C)(C)C(O[Si](C)(C)C(C)(C)C)c1ncc(Br)c(C)c1OC.COc1c(C(O[Si](C)(C)C(C)(C)C)C(C)(C)C(O)CO)ncc(Br)c1C.COc1c2n(cc(Br)c1=O)CC(O)C(C)(C)C2O[Si](C)(C)C(C)(C)C.COc1c2n(cc(Br)c1=O)CC(OC)C(C)(C)C2=O.COc1c2n(cc(Br)c1=O)CC(OC)C(C)(C)C2O.COc1c2n(cc(Br)c1=O)CC(OC)C(C)(C)C2O[Si](C)(C)C(C)(C)C. The van der Waals surface area contributed by atoms with Gasteiger partial charge in [0.2, 0.25) is 21.7 Å². The molecular weight excluding hydrogens is 2240 g/mol. The highest BCUT2D eigenvalue weighted by molar-refractivity contribution is 9.11.